The van der Waals surface area contributed by atoms with Crippen LogP contribution < -0.4 is 0 Å². The average Bonchev–Trinajstić information content (AvgIpc) is 3.61. The zero-order valence-corrected chi connectivity index (χ0v) is 31.1. The number of aromatic nitrogens is 4. The van der Waals surface area contributed by atoms with E-state index in [2.05, 4.69) is 107 Å². The molecule has 6 heteroatoms. The first-order valence-electron chi connectivity index (χ1n) is 19.4. The highest BCUT2D eigenvalue weighted by Crippen LogP contribution is 2.60. The summed E-state index contributed by atoms with van der Waals surface area (Å²) in [5.74, 6) is 4.74. The summed E-state index contributed by atoms with van der Waals surface area (Å²) in [5.41, 5.74) is 9.99. The van der Waals surface area contributed by atoms with Gasteiger partial charge in [0.1, 0.15) is 0 Å². The largest absolute Gasteiger partial charge is 0.264 e. The Hall–Kier alpha value is -6.03. The lowest BCUT2D eigenvalue weighted by molar-refractivity contribution is -0.00518. The summed E-state index contributed by atoms with van der Waals surface area (Å²) in [5, 5.41) is 2.35. The van der Waals surface area contributed by atoms with Crippen molar-refractivity contribution in [3.8, 4) is 56.4 Å². The standard InChI is InChI=1S/C49H37N5S/c1-50-41-17-12-36(13-18-41)34-4-8-38(9-5-34)47-52-46(53-48(54-47)39-14-19-42-43-29-51-21-20-44(43)55-45(42)25-39)37-6-2-33(3-7-37)35-10-15-40(16-11-35)49-26-30-22-31(27-49)24-32(23-30)28-49/h2-21,25,29-32H,22-24,26-28H2. The molecule has 3 heterocycles. The number of fused-ring (bicyclic) bond motifs is 3. The molecule has 0 N–H and O–H groups in total. The van der Waals surface area contributed by atoms with Gasteiger partial charge in [0.25, 0.3) is 0 Å². The third-order valence-corrected chi connectivity index (χ3v) is 13.8. The maximum atomic E-state index is 7.28. The van der Waals surface area contributed by atoms with Crippen LogP contribution in [0.5, 0.6) is 0 Å². The van der Waals surface area contributed by atoms with Crippen LogP contribution in [0.25, 0.3) is 81.4 Å². The van der Waals surface area contributed by atoms with E-state index in [1.165, 1.54) is 64.4 Å². The molecular weight excluding hydrogens is 691 g/mol. The molecule has 0 atom stereocenters. The summed E-state index contributed by atoms with van der Waals surface area (Å²) < 4.78 is 2.39. The quantitative estimate of drug-likeness (QED) is 0.160. The third kappa shape index (κ3) is 5.73. The van der Waals surface area contributed by atoms with Crippen LogP contribution in [0.1, 0.15) is 44.1 Å². The van der Waals surface area contributed by atoms with Gasteiger partial charge in [0, 0.05) is 49.3 Å². The van der Waals surface area contributed by atoms with E-state index < -0.39 is 0 Å². The van der Waals surface area contributed by atoms with Crippen LogP contribution in [0.2, 0.25) is 0 Å². The fraction of sp³-hybridized carbons (Fsp3) is 0.204. The van der Waals surface area contributed by atoms with Gasteiger partial charge in [-0.05, 0) is 102 Å². The first-order chi connectivity index (χ1) is 27.1. The lowest BCUT2D eigenvalue weighted by Gasteiger charge is -2.57. The SMILES string of the molecule is [C-]#[N+]c1ccc(-c2ccc(-c3nc(-c4ccc(-c5ccc(C67CC8CC(CC(C8)C6)C7)cc5)cc4)nc(-c4ccc5c(c4)sc4ccncc45)n3)cc2)cc1. The van der Waals surface area contributed by atoms with Gasteiger partial charge in [0.15, 0.2) is 23.2 Å². The van der Waals surface area contributed by atoms with Gasteiger partial charge in [-0.3, -0.25) is 4.98 Å². The molecule has 0 unspecified atom stereocenters. The lowest BCUT2D eigenvalue weighted by Crippen LogP contribution is -2.48. The number of pyridine rings is 1. The Kier molecular flexibility index (Phi) is 7.53. The van der Waals surface area contributed by atoms with Crippen LogP contribution in [0, 0.1) is 24.3 Å². The molecule has 4 bridgehead atoms. The van der Waals surface area contributed by atoms with Crippen LogP contribution in [0.15, 0.2) is 134 Å². The van der Waals surface area contributed by atoms with Crippen LogP contribution >= 0.6 is 11.3 Å². The molecule has 4 aliphatic rings. The Balaban J connectivity index is 0.938. The van der Waals surface area contributed by atoms with Crippen molar-refractivity contribution in [3.05, 3.63) is 151 Å². The fourth-order valence-corrected chi connectivity index (χ4v) is 11.5. The fourth-order valence-electron chi connectivity index (χ4n) is 10.4. The zero-order chi connectivity index (χ0) is 36.5. The summed E-state index contributed by atoms with van der Waals surface area (Å²) in [4.78, 5) is 23.1. The first kappa shape index (κ1) is 32.4. The van der Waals surface area contributed by atoms with Crippen molar-refractivity contribution in [2.45, 2.75) is 43.9 Å². The van der Waals surface area contributed by atoms with Gasteiger partial charge in [-0.15, -0.1) is 11.3 Å². The zero-order valence-electron chi connectivity index (χ0n) is 30.3. The number of rotatable bonds is 6. The molecule has 0 amide bonds. The number of benzene rings is 5. The summed E-state index contributed by atoms with van der Waals surface area (Å²) in [7, 11) is 0. The second kappa shape index (κ2) is 12.8. The van der Waals surface area contributed by atoms with Gasteiger partial charge in [-0.1, -0.05) is 109 Å². The van der Waals surface area contributed by atoms with Crippen molar-refractivity contribution < 1.29 is 0 Å². The molecule has 3 aromatic heterocycles. The molecule has 12 rings (SSSR count). The van der Waals surface area contributed by atoms with Crippen molar-refractivity contribution in [2.75, 3.05) is 0 Å². The third-order valence-electron chi connectivity index (χ3n) is 12.7. The highest BCUT2D eigenvalue weighted by atomic mass is 32.1. The van der Waals surface area contributed by atoms with Crippen LogP contribution in [-0.2, 0) is 5.41 Å². The van der Waals surface area contributed by atoms with Crippen molar-refractivity contribution in [1.29, 1.82) is 0 Å². The molecule has 5 nitrogen and oxygen atoms in total. The first-order valence-corrected chi connectivity index (χ1v) is 20.2. The van der Waals surface area contributed by atoms with E-state index in [1.54, 1.807) is 16.9 Å². The lowest BCUT2D eigenvalue weighted by atomic mass is 9.48. The summed E-state index contributed by atoms with van der Waals surface area (Å²) >= 11 is 1.76. The highest BCUT2D eigenvalue weighted by molar-refractivity contribution is 7.25. The molecule has 5 aromatic carbocycles. The van der Waals surface area contributed by atoms with Gasteiger partial charge >= 0.3 is 0 Å². The average molecular weight is 728 g/mol. The summed E-state index contributed by atoms with van der Waals surface area (Å²) in [6.45, 7) is 7.28. The maximum Gasteiger partial charge on any atom is 0.187 e. The van der Waals surface area contributed by atoms with E-state index in [0.29, 0.717) is 28.6 Å². The summed E-state index contributed by atoms with van der Waals surface area (Å²) in [6, 6.07) is 42.7. The Labute approximate surface area is 324 Å². The van der Waals surface area contributed by atoms with Crippen LogP contribution in [0.3, 0.4) is 0 Å². The molecule has 55 heavy (non-hydrogen) atoms. The van der Waals surface area contributed by atoms with Gasteiger partial charge < -0.3 is 0 Å². The maximum absolute atomic E-state index is 7.28. The normalized spacial score (nSPS) is 21.3. The van der Waals surface area contributed by atoms with Gasteiger partial charge in [-0.2, -0.15) is 0 Å². The van der Waals surface area contributed by atoms with Crippen molar-refractivity contribution in [3.63, 3.8) is 0 Å². The van der Waals surface area contributed by atoms with E-state index >= 15 is 0 Å². The van der Waals surface area contributed by atoms with Gasteiger partial charge in [-0.25, -0.2) is 19.8 Å². The summed E-state index contributed by atoms with van der Waals surface area (Å²) in [6.07, 6.45) is 12.4. The molecule has 0 spiro atoms. The van der Waals surface area contributed by atoms with E-state index in [-0.39, 0.29) is 0 Å². The molecule has 4 fully saturated rings. The molecule has 4 aliphatic carbocycles. The highest BCUT2D eigenvalue weighted by Gasteiger charge is 2.51. The molecule has 0 aliphatic heterocycles. The van der Waals surface area contributed by atoms with E-state index in [0.717, 1.165) is 51.0 Å². The van der Waals surface area contributed by atoms with Gasteiger partial charge in [0.05, 0.1) is 6.57 Å². The van der Waals surface area contributed by atoms with E-state index in [9.17, 15) is 0 Å². The molecule has 264 valence electrons. The minimum atomic E-state index is 0.412. The number of nitrogens with zero attached hydrogens (tertiary/aromatic N) is 5. The minimum absolute atomic E-state index is 0.412. The Morgan fingerprint density at radius 2 is 0.982 bits per heavy atom. The Morgan fingerprint density at radius 3 is 1.53 bits per heavy atom. The molecule has 0 radical (unpaired) electrons. The number of hydrogen-bond acceptors (Lipinski definition) is 5. The van der Waals surface area contributed by atoms with E-state index in [1.807, 2.05) is 36.7 Å². The second-order valence-electron chi connectivity index (χ2n) is 16.1. The molecule has 0 saturated heterocycles. The van der Waals surface area contributed by atoms with Gasteiger partial charge in [0.2, 0.25) is 0 Å². The Bertz CT molecular complexity index is 2740. The van der Waals surface area contributed by atoms with Crippen LogP contribution in [-0.4, -0.2) is 19.9 Å². The number of thiophene rings is 1. The van der Waals surface area contributed by atoms with E-state index in [4.69, 9.17) is 21.5 Å². The van der Waals surface area contributed by atoms with Crippen molar-refractivity contribution in [1.82, 2.24) is 19.9 Å². The molecular formula is C49H37N5S. The Morgan fingerprint density at radius 1 is 0.509 bits per heavy atom. The molecule has 4 saturated carbocycles. The minimum Gasteiger partial charge on any atom is -0.264 e. The van der Waals surface area contributed by atoms with Crippen molar-refractivity contribution >= 4 is 37.2 Å². The topological polar surface area (TPSA) is 55.9 Å². The number of hydrogen-bond donors (Lipinski definition) is 0. The smallest absolute Gasteiger partial charge is 0.187 e. The van der Waals surface area contributed by atoms with Crippen LogP contribution in [0.4, 0.5) is 5.69 Å². The molecule has 8 aromatic rings. The predicted octanol–water partition coefficient (Wildman–Crippen LogP) is 13.0. The monoisotopic (exact) mass is 727 g/mol. The van der Waals surface area contributed by atoms with Crippen molar-refractivity contribution in [2.24, 2.45) is 17.8 Å². The predicted molar refractivity (Wildman–Crippen MR) is 224 cm³/mol. The second-order valence-corrected chi connectivity index (χ2v) is 17.2.